The molecule has 0 amide bonds. The fraction of sp³-hybridized carbons (Fsp3) is 0.423. The molecule has 0 aliphatic carbocycles. The summed E-state index contributed by atoms with van der Waals surface area (Å²) >= 11 is 0. The molecule has 0 N–H and O–H groups in total. The first kappa shape index (κ1) is 20.7. The van der Waals surface area contributed by atoms with E-state index < -0.39 is 0 Å². The lowest BCUT2D eigenvalue weighted by Gasteiger charge is -2.24. The largest absolute Gasteiger partial charge is 0.454 e. The number of likely N-dealkylation sites (tertiary alicyclic amines) is 1. The average molecular weight is 405 g/mol. The Morgan fingerprint density at radius 1 is 1.07 bits per heavy atom. The summed E-state index contributed by atoms with van der Waals surface area (Å²) in [5, 5.41) is 0. The third kappa shape index (κ3) is 5.11. The highest BCUT2D eigenvalue weighted by atomic mass is 16.7. The molecule has 1 fully saturated rings. The highest BCUT2D eigenvalue weighted by molar-refractivity contribution is 5.82. The van der Waals surface area contributed by atoms with Gasteiger partial charge in [0.1, 0.15) is 0 Å². The first-order valence-electron chi connectivity index (χ1n) is 10.9. The molecule has 1 saturated heterocycles. The van der Waals surface area contributed by atoms with Crippen LogP contribution in [0.15, 0.2) is 65.3 Å². The van der Waals surface area contributed by atoms with Gasteiger partial charge in [-0.25, -0.2) is 0 Å². The quantitative estimate of drug-likeness (QED) is 0.536. The van der Waals surface area contributed by atoms with Gasteiger partial charge in [0.05, 0.1) is 0 Å². The number of nitrogens with zero attached hydrogens (tertiary/aromatic N) is 2. The summed E-state index contributed by atoms with van der Waals surface area (Å²) in [6.07, 6.45) is 5.32. The van der Waals surface area contributed by atoms with Crippen molar-refractivity contribution in [1.82, 2.24) is 4.90 Å². The van der Waals surface area contributed by atoms with Crippen molar-refractivity contribution in [3.63, 3.8) is 0 Å². The van der Waals surface area contributed by atoms with Crippen LogP contribution in [0.2, 0.25) is 0 Å². The second-order valence-corrected chi connectivity index (χ2v) is 8.72. The van der Waals surface area contributed by atoms with Crippen molar-refractivity contribution >= 4 is 5.71 Å². The Labute approximate surface area is 180 Å². The van der Waals surface area contributed by atoms with E-state index in [1.54, 1.807) is 0 Å². The predicted molar refractivity (Wildman–Crippen MR) is 122 cm³/mol. The van der Waals surface area contributed by atoms with Crippen LogP contribution in [0.4, 0.5) is 0 Å². The number of benzene rings is 2. The maximum Gasteiger partial charge on any atom is 0.231 e. The van der Waals surface area contributed by atoms with E-state index in [1.165, 1.54) is 28.8 Å². The maximum atomic E-state index is 5.62. The molecule has 4 nitrogen and oxygen atoms in total. The lowest BCUT2D eigenvalue weighted by Crippen LogP contribution is -2.29. The van der Waals surface area contributed by atoms with Crippen LogP contribution in [0.3, 0.4) is 0 Å². The summed E-state index contributed by atoms with van der Waals surface area (Å²) < 4.78 is 11.1. The fourth-order valence-corrected chi connectivity index (χ4v) is 4.38. The van der Waals surface area contributed by atoms with Gasteiger partial charge in [-0.1, -0.05) is 42.0 Å². The van der Waals surface area contributed by atoms with Crippen molar-refractivity contribution in [2.45, 2.75) is 58.5 Å². The Bertz CT molecular complexity index is 916. The Kier molecular flexibility index (Phi) is 6.53. The Morgan fingerprint density at radius 3 is 2.67 bits per heavy atom. The molecule has 2 aliphatic rings. The summed E-state index contributed by atoms with van der Waals surface area (Å²) in [4.78, 5) is 7.27. The number of rotatable bonds is 7. The zero-order chi connectivity index (χ0) is 20.9. The zero-order valence-corrected chi connectivity index (χ0v) is 18.3. The molecule has 0 bridgehead atoms. The molecule has 4 heteroatoms. The molecule has 0 aromatic heterocycles. The van der Waals surface area contributed by atoms with Gasteiger partial charge in [0, 0.05) is 31.0 Å². The second-order valence-electron chi connectivity index (χ2n) is 8.72. The fourth-order valence-electron chi connectivity index (χ4n) is 4.38. The molecular weight excluding hydrogens is 372 g/mol. The summed E-state index contributed by atoms with van der Waals surface area (Å²) in [5.41, 5.74) is 5.18. The highest BCUT2D eigenvalue weighted by Gasteiger charge is 2.33. The molecule has 0 radical (unpaired) electrons. The Hall–Kier alpha value is -2.59. The Morgan fingerprint density at radius 2 is 1.87 bits per heavy atom. The van der Waals surface area contributed by atoms with Crippen molar-refractivity contribution in [3.8, 4) is 11.5 Å². The van der Waals surface area contributed by atoms with E-state index in [9.17, 15) is 0 Å². The smallest absolute Gasteiger partial charge is 0.231 e. The standard InChI is InChI=1S/C26H32N2O2/c1-19(2)15-27-20(3)9-11-24-13-23(17-28(24)16-21-7-5-4-6-8-21)22-10-12-25-26(14-22)30-18-29-25/h4-8,10,12,14-15,23-24H,9,11,13,16-18H2,1-3H3. The average Bonchev–Trinajstić information content (AvgIpc) is 3.37. The molecule has 0 spiro atoms. The lowest BCUT2D eigenvalue weighted by atomic mass is 9.94. The van der Waals surface area contributed by atoms with E-state index in [2.05, 4.69) is 79.2 Å². The van der Waals surface area contributed by atoms with Crippen molar-refractivity contribution in [3.05, 3.63) is 71.4 Å². The normalized spacial score (nSPS) is 21.1. The van der Waals surface area contributed by atoms with Crippen molar-refractivity contribution in [1.29, 1.82) is 0 Å². The van der Waals surface area contributed by atoms with Gasteiger partial charge in [0.15, 0.2) is 11.5 Å². The van der Waals surface area contributed by atoms with Crippen LogP contribution >= 0.6 is 0 Å². The van der Waals surface area contributed by atoms with Crippen LogP contribution in [-0.2, 0) is 6.54 Å². The van der Waals surface area contributed by atoms with Crippen LogP contribution in [0, 0.1) is 0 Å². The molecule has 2 unspecified atom stereocenters. The number of hydrogen-bond donors (Lipinski definition) is 0. The minimum Gasteiger partial charge on any atom is -0.454 e. The van der Waals surface area contributed by atoms with E-state index in [-0.39, 0.29) is 0 Å². The monoisotopic (exact) mass is 404 g/mol. The van der Waals surface area contributed by atoms with Gasteiger partial charge in [-0.2, -0.15) is 0 Å². The van der Waals surface area contributed by atoms with Gasteiger partial charge < -0.3 is 9.47 Å². The molecule has 2 heterocycles. The third-order valence-electron chi connectivity index (χ3n) is 6.01. The third-order valence-corrected chi connectivity index (χ3v) is 6.01. The molecular formula is C26H32N2O2. The number of allylic oxidation sites excluding steroid dienone is 1. The van der Waals surface area contributed by atoms with Crippen LogP contribution < -0.4 is 9.47 Å². The minimum absolute atomic E-state index is 0.330. The van der Waals surface area contributed by atoms with Crippen molar-refractivity contribution in [2.24, 2.45) is 4.99 Å². The van der Waals surface area contributed by atoms with Crippen LogP contribution in [-0.4, -0.2) is 30.0 Å². The Balaban J connectivity index is 1.48. The van der Waals surface area contributed by atoms with Gasteiger partial charge in [0.25, 0.3) is 0 Å². The highest BCUT2D eigenvalue weighted by Crippen LogP contribution is 2.39. The van der Waals surface area contributed by atoms with Gasteiger partial charge in [-0.3, -0.25) is 9.89 Å². The number of aliphatic imine (C=N–C) groups is 1. The molecule has 30 heavy (non-hydrogen) atoms. The lowest BCUT2D eigenvalue weighted by molar-refractivity contribution is 0.174. The van der Waals surface area contributed by atoms with E-state index in [4.69, 9.17) is 9.47 Å². The molecule has 2 atom stereocenters. The summed E-state index contributed by atoms with van der Waals surface area (Å²) in [7, 11) is 0. The number of hydrogen-bond acceptors (Lipinski definition) is 4. The van der Waals surface area contributed by atoms with Gasteiger partial charge >= 0.3 is 0 Å². The van der Waals surface area contributed by atoms with E-state index in [0.717, 1.165) is 37.4 Å². The zero-order valence-electron chi connectivity index (χ0n) is 18.3. The number of ether oxygens (including phenoxy) is 2. The van der Waals surface area contributed by atoms with Gasteiger partial charge in [-0.05, 0) is 69.2 Å². The van der Waals surface area contributed by atoms with Gasteiger partial charge in [0.2, 0.25) is 6.79 Å². The molecule has 2 aromatic carbocycles. The summed E-state index contributed by atoms with van der Waals surface area (Å²) in [5.74, 6) is 2.26. The maximum absolute atomic E-state index is 5.62. The van der Waals surface area contributed by atoms with Crippen LogP contribution in [0.25, 0.3) is 0 Å². The van der Waals surface area contributed by atoms with Crippen LogP contribution in [0.1, 0.15) is 57.1 Å². The van der Waals surface area contributed by atoms with Crippen molar-refractivity contribution in [2.75, 3.05) is 13.3 Å². The predicted octanol–water partition coefficient (Wildman–Crippen LogP) is 5.94. The van der Waals surface area contributed by atoms with E-state index in [0.29, 0.717) is 18.8 Å². The molecule has 2 aromatic rings. The summed E-state index contributed by atoms with van der Waals surface area (Å²) in [6.45, 7) is 8.72. The number of fused-ring (bicyclic) bond motifs is 1. The molecule has 4 rings (SSSR count). The minimum atomic E-state index is 0.330. The van der Waals surface area contributed by atoms with Gasteiger partial charge in [-0.15, -0.1) is 0 Å². The molecule has 158 valence electrons. The van der Waals surface area contributed by atoms with Crippen molar-refractivity contribution < 1.29 is 9.47 Å². The van der Waals surface area contributed by atoms with Crippen LogP contribution in [0.5, 0.6) is 11.5 Å². The SMILES string of the molecule is CC(C)=CN=C(C)CCC1CC(c2ccc3c(c2)OCO3)CN1Cc1ccccc1. The summed E-state index contributed by atoms with van der Waals surface area (Å²) in [6, 6.07) is 17.8. The van der Waals surface area contributed by atoms with E-state index >= 15 is 0 Å². The first-order valence-corrected chi connectivity index (χ1v) is 10.9. The molecule has 0 saturated carbocycles. The molecule has 2 aliphatic heterocycles. The van der Waals surface area contributed by atoms with E-state index in [1.807, 2.05) is 6.20 Å². The first-order chi connectivity index (χ1) is 14.6. The second kappa shape index (κ2) is 9.48. The topological polar surface area (TPSA) is 34.1 Å².